The van der Waals surface area contributed by atoms with E-state index in [1.165, 1.54) is 15.6 Å². The summed E-state index contributed by atoms with van der Waals surface area (Å²) in [6.45, 7) is 2.27. The van der Waals surface area contributed by atoms with Crippen LogP contribution >= 0.6 is 34.3 Å². The molecule has 0 radical (unpaired) electrons. The number of nitrogens with zero attached hydrogens (tertiary/aromatic N) is 1. The molecule has 2 aromatic rings. The Kier molecular flexibility index (Phi) is 4.68. The lowest BCUT2D eigenvalue weighted by atomic mass is 10.3. The van der Waals surface area contributed by atoms with Gasteiger partial charge in [-0.05, 0) is 40.9 Å². The summed E-state index contributed by atoms with van der Waals surface area (Å²) in [4.78, 5) is 0.907. The van der Waals surface area contributed by atoms with Crippen molar-refractivity contribution in [1.82, 2.24) is 4.31 Å². The lowest BCUT2D eigenvalue weighted by molar-refractivity contribution is 0.469. The topological polar surface area (TPSA) is 37.4 Å². The number of rotatable bonds is 5. The third-order valence-electron chi connectivity index (χ3n) is 2.77. The van der Waals surface area contributed by atoms with Crippen LogP contribution in [0.3, 0.4) is 0 Å². The second-order valence-corrected chi connectivity index (χ2v) is 8.65. The lowest BCUT2D eigenvalue weighted by Crippen LogP contribution is -2.25. The zero-order valence-electron chi connectivity index (χ0n) is 10.6. The van der Waals surface area contributed by atoms with Crippen LogP contribution in [-0.2, 0) is 22.4 Å². The van der Waals surface area contributed by atoms with E-state index in [2.05, 4.69) is 0 Å². The maximum Gasteiger partial charge on any atom is 0.252 e. The lowest BCUT2D eigenvalue weighted by Gasteiger charge is -2.15. The first-order valence-electron chi connectivity index (χ1n) is 5.58. The van der Waals surface area contributed by atoms with E-state index in [1.54, 1.807) is 24.5 Å². The molecule has 0 aliphatic rings. The van der Waals surface area contributed by atoms with E-state index in [4.69, 9.17) is 11.6 Å². The van der Waals surface area contributed by atoms with E-state index in [9.17, 15) is 8.42 Å². The van der Waals surface area contributed by atoms with Gasteiger partial charge in [-0.2, -0.15) is 15.6 Å². The number of sulfonamides is 1. The molecule has 0 unspecified atom stereocenters. The third-order valence-corrected chi connectivity index (χ3v) is 7.42. The smallest absolute Gasteiger partial charge is 0.206 e. The predicted octanol–water partition coefficient (Wildman–Crippen LogP) is 3.68. The molecule has 0 bridgehead atoms. The number of hydrogen-bond acceptors (Lipinski definition) is 4. The SMILES string of the molecule is Cc1cc(S(=O)(=O)N(C)Cc2ccsc2)sc1CCl. The minimum absolute atomic E-state index is 0.347. The average Bonchev–Trinajstić information content (AvgIpc) is 2.98. The van der Waals surface area contributed by atoms with Crippen molar-refractivity contribution in [3.63, 3.8) is 0 Å². The van der Waals surface area contributed by atoms with Gasteiger partial charge in [0.05, 0.1) is 5.88 Å². The molecule has 2 aromatic heterocycles. The largest absolute Gasteiger partial charge is 0.252 e. The molecule has 2 heterocycles. The molecule has 3 nitrogen and oxygen atoms in total. The summed E-state index contributed by atoms with van der Waals surface area (Å²) in [5, 5.41) is 3.90. The van der Waals surface area contributed by atoms with Gasteiger partial charge >= 0.3 is 0 Å². The summed E-state index contributed by atoms with van der Waals surface area (Å²) >= 11 is 8.60. The molecule has 0 saturated heterocycles. The molecule has 0 aromatic carbocycles. The summed E-state index contributed by atoms with van der Waals surface area (Å²) < 4.78 is 26.6. The Morgan fingerprint density at radius 3 is 2.68 bits per heavy atom. The highest BCUT2D eigenvalue weighted by Crippen LogP contribution is 2.29. The summed E-state index contributed by atoms with van der Waals surface area (Å²) in [6.07, 6.45) is 0. The van der Waals surface area contributed by atoms with Gasteiger partial charge in [-0.15, -0.1) is 22.9 Å². The van der Waals surface area contributed by atoms with Crippen LogP contribution in [0.1, 0.15) is 16.0 Å². The summed E-state index contributed by atoms with van der Waals surface area (Å²) in [5.74, 6) is 0.347. The Morgan fingerprint density at radius 1 is 1.42 bits per heavy atom. The van der Waals surface area contributed by atoms with Crippen molar-refractivity contribution < 1.29 is 8.42 Å². The van der Waals surface area contributed by atoms with Gasteiger partial charge in [0, 0.05) is 18.5 Å². The second kappa shape index (κ2) is 5.93. The molecule has 0 aliphatic carbocycles. The highest BCUT2D eigenvalue weighted by Gasteiger charge is 2.24. The van der Waals surface area contributed by atoms with Gasteiger partial charge in [-0.25, -0.2) is 8.42 Å². The molecule has 0 amide bonds. The van der Waals surface area contributed by atoms with Crippen LogP contribution in [-0.4, -0.2) is 19.8 Å². The van der Waals surface area contributed by atoms with Crippen LogP contribution in [0, 0.1) is 6.92 Å². The minimum Gasteiger partial charge on any atom is -0.206 e. The van der Waals surface area contributed by atoms with E-state index in [-0.39, 0.29) is 0 Å². The zero-order chi connectivity index (χ0) is 14.0. The Hall–Kier alpha value is -0.400. The highest BCUT2D eigenvalue weighted by molar-refractivity contribution is 7.91. The van der Waals surface area contributed by atoms with Crippen molar-refractivity contribution in [3.8, 4) is 0 Å². The number of thiophene rings is 2. The van der Waals surface area contributed by atoms with Gasteiger partial charge in [0.25, 0.3) is 10.0 Å². The summed E-state index contributed by atoms with van der Waals surface area (Å²) in [6, 6.07) is 3.63. The molecule has 0 aliphatic heterocycles. The fourth-order valence-electron chi connectivity index (χ4n) is 1.63. The van der Waals surface area contributed by atoms with Crippen molar-refractivity contribution in [2.45, 2.75) is 23.6 Å². The fourth-order valence-corrected chi connectivity index (χ4v) is 5.47. The summed E-state index contributed by atoms with van der Waals surface area (Å²) in [7, 11) is -1.83. The normalized spacial score (nSPS) is 12.2. The van der Waals surface area contributed by atoms with Crippen molar-refractivity contribution in [2.75, 3.05) is 7.05 Å². The molecule has 104 valence electrons. The monoisotopic (exact) mass is 335 g/mol. The van der Waals surface area contributed by atoms with Crippen LogP contribution in [0.4, 0.5) is 0 Å². The van der Waals surface area contributed by atoms with E-state index >= 15 is 0 Å². The van der Waals surface area contributed by atoms with E-state index in [1.807, 2.05) is 23.8 Å². The Morgan fingerprint density at radius 2 is 2.16 bits per heavy atom. The summed E-state index contributed by atoms with van der Waals surface area (Å²) in [5.41, 5.74) is 1.93. The zero-order valence-corrected chi connectivity index (χ0v) is 13.8. The molecule has 0 atom stereocenters. The van der Waals surface area contributed by atoms with Gasteiger partial charge in [0.2, 0.25) is 0 Å². The van der Waals surface area contributed by atoms with Crippen LogP contribution in [0.15, 0.2) is 27.1 Å². The molecule has 0 fully saturated rings. The highest BCUT2D eigenvalue weighted by atomic mass is 35.5. The van der Waals surface area contributed by atoms with Gasteiger partial charge < -0.3 is 0 Å². The first-order chi connectivity index (χ1) is 8.95. The minimum atomic E-state index is -3.43. The average molecular weight is 336 g/mol. The standard InChI is InChI=1S/C12H14ClNO2S3/c1-9-5-12(18-11(9)6-13)19(15,16)14(2)7-10-3-4-17-8-10/h3-5,8H,6-7H2,1-2H3. The van der Waals surface area contributed by atoms with E-state index < -0.39 is 10.0 Å². The second-order valence-electron chi connectivity index (χ2n) is 4.20. The number of hydrogen-bond donors (Lipinski definition) is 0. The van der Waals surface area contributed by atoms with Crippen molar-refractivity contribution >= 4 is 44.3 Å². The maximum absolute atomic E-state index is 12.4. The van der Waals surface area contributed by atoms with Crippen LogP contribution in [0.25, 0.3) is 0 Å². The first-order valence-corrected chi connectivity index (χ1v) is 9.31. The van der Waals surface area contributed by atoms with Crippen LogP contribution in [0.2, 0.25) is 0 Å². The molecule has 0 saturated carbocycles. The van der Waals surface area contributed by atoms with Gasteiger partial charge in [-0.3, -0.25) is 0 Å². The van der Waals surface area contributed by atoms with Gasteiger partial charge in [0.15, 0.2) is 0 Å². The van der Waals surface area contributed by atoms with E-state index in [0.29, 0.717) is 16.6 Å². The third kappa shape index (κ3) is 3.20. The fraction of sp³-hybridized carbons (Fsp3) is 0.333. The molecule has 0 N–H and O–H groups in total. The van der Waals surface area contributed by atoms with Crippen molar-refractivity contribution in [3.05, 3.63) is 38.9 Å². The van der Waals surface area contributed by atoms with Crippen molar-refractivity contribution in [2.24, 2.45) is 0 Å². The first kappa shape index (κ1) is 15.0. The molecular weight excluding hydrogens is 322 g/mol. The molecule has 7 heteroatoms. The van der Waals surface area contributed by atoms with Gasteiger partial charge in [0.1, 0.15) is 4.21 Å². The molecular formula is C12H14ClNO2S3. The number of aryl methyl sites for hydroxylation is 1. The Labute approximate surface area is 126 Å². The molecule has 2 rings (SSSR count). The van der Waals surface area contributed by atoms with Crippen molar-refractivity contribution in [1.29, 1.82) is 0 Å². The number of alkyl halides is 1. The number of halogens is 1. The maximum atomic E-state index is 12.4. The van der Waals surface area contributed by atoms with Crippen LogP contribution < -0.4 is 0 Å². The van der Waals surface area contributed by atoms with Crippen LogP contribution in [0.5, 0.6) is 0 Å². The molecule has 0 spiro atoms. The van der Waals surface area contributed by atoms with E-state index in [0.717, 1.165) is 16.0 Å². The predicted molar refractivity (Wildman–Crippen MR) is 81.6 cm³/mol. The molecule has 19 heavy (non-hydrogen) atoms. The Balaban J connectivity index is 2.25. The van der Waals surface area contributed by atoms with Gasteiger partial charge in [-0.1, -0.05) is 0 Å². The Bertz CT molecular complexity index is 647. The quantitative estimate of drug-likeness (QED) is 0.782.